The average molecular weight is 340 g/mol. The van der Waals surface area contributed by atoms with E-state index in [1.165, 1.54) is 11.3 Å². The molecule has 1 aromatic heterocycles. The zero-order valence-electron chi connectivity index (χ0n) is 14.1. The first-order valence-electron chi connectivity index (χ1n) is 7.63. The zero-order chi connectivity index (χ0) is 17.6. The maximum Gasteiger partial charge on any atom is 0.253 e. The van der Waals surface area contributed by atoms with Crippen molar-refractivity contribution in [1.29, 1.82) is 0 Å². The summed E-state index contributed by atoms with van der Waals surface area (Å²) in [7, 11) is 0. The summed E-state index contributed by atoms with van der Waals surface area (Å²) in [6.07, 6.45) is -0.285. The van der Waals surface area contributed by atoms with Crippen LogP contribution in [-0.4, -0.2) is 28.6 Å². The maximum absolute atomic E-state index is 12.0. The van der Waals surface area contributed by atoms with Gasteiger partial charge in [0.1, 0.15) is 11.1 Å². The largest absolute Gasteiger partial charge is 0.383 e. The third kappa shape index (κ3) is 3.41. The molecule has 6 nitrogen and oxygen atoms in total. The minimum atomic E-state index is -1.12. The molecule has 0 saturated heterocycles. The van der Waals surface area contributed by atoms with E-state index < -0.39 is 29.1 Å². The van der Waals surface area contributed by atoms with E-state index in [1.807, 2.05) is 27.7 Å². The number of anilines is 1. The topological polar surface area (TPSA) is 102 Å². The van der Waals surface area contributed by atoms with Crippen molar-refractivity contribution in [2.24, 2.45) is 5.73 Å². The van der Waals surface area contributed by atoms with Gasteiger partial charge in [-0.1, -0.05) is 6.92 Å². The normalized spacial score (nSPS) is 19.7. The van der Waals surface area contributed by atoms with Crippen LogP contribution in [0.2, 0.25) is 0 Å². The molecule has 0 aliphatic carbocycles. The minimum Gasteiger partial charge on any atom is -0.383 e. The number of hydrogen-bond acceptors (Lipinski definition) is 5. The van der Waals surface area contributed by atoms with Gasteiger partial charge in [0, 0.05) is 11.3 Å². The van der Waals surface area contributed by atoms with E-state index in [4.69, 9.17) is 10.5 Å². The van der Waals surface area contributed by atoms with Gasteiger partial charge in [-0.2, -0.15) is 0 Å². The predicted octanol–water partition coefficient (Wildman–Crippen LogP) is 2.14. The fourth-order valence-corrected chi connectivity index (χ4v) is 4.31. The molecule has 23 heavy (non-hydrogen) atoms. The lowest BCUT2D eigenvalue weighted by molar-refractivity contribution is -0.135. The highest BCUT2D eigenvalue weighted by molar-refractivity contribution is 7.17. The van der Waals surface area contributed by atoms with E-state index in [-0.39, 0.29) is 0 Å². The van der Waals surface area contributed by atoms with Crippen molar-refractivity contribution in [3.8, 4) is 0 Å². The molecule has 1 aliphatic rings. The summed E-state index contributed by atoms with van der Waals surface area (Å²) >= 11 is 1.29. The Morgan fingerprint density at radius 1 is 1.39 bits per heavy atom. The van der Waals surface area contributed by atoms with Crippen LogP contribution in [0.4, 0.5) is 5.00 Å². The second-order valence-corrected chi connectivity index (χ2v) is 7.96. The quantitative estimate of drug-likeness (QED) is 0.781. The number of hydrogen-bond donors (Lipinski definition) is 3. The van der Waals surface area contributed by atoms with Crippen LogP contribution in [0.5, 0.6) is 0 Å². The van der Waals surface area contributed by atoms with Crippen LogP contribution in [0.25, 0.3) is 0 Å². The molecule has 0 spiro atoms. The van der Waals surface area contributed by atoms with E-state index in [2.05, 4.69) is 5.32 Å². The first-order valence-corrected chi connectivity index (χ1v) is 8.45. The van der Waals surface area contributed by atoms with Gasteiger partial charge in [-0.25, -0.2) is 0 Å². The Bertz CT molecular complexity index is 649. The third-order valence-corrected chi connectivity index (χ3v) is 5.31. The fourth-order valence-electron chi connectivity index (χ4n) is 3.05. The lowest BCUT2D eigenvalue weighted by Crippen LogP contribution is -2.42. The lowest BCUT2D eigenvalue weighted by atomic mass is 9.86. The Kier molecular flexibility index (Phi) is 4.58. The SMILES string of the molecule is CCC(O)C(=O)Nc1sc2c(c1C(N)=O)CC(C)(C)OC2(C)C. The Labute approximate surface area is 140 Å². The number of rotatable bonds is 4. The molecule has 7 heteroatoms. The monoisotopic (exact) mass is 340 g/mol. The summed E-state index contributed by atoms with van der Waals surface area (Å²) in [5.41, 5.74) is 5.68. The van der Waals surface area contributed by atoms with Crippen molar-refractivity contribution in [3.63, 3.8) is 0 Å². The van der Waals surface area contributed by atoms with Crippen LogP contribution in [-0.2, 0) is 21.6 Å². The molecule has 0 bridgehead atoms. The smallest absolute Gasteiger partial charge is 0.253 e. The zero-order valence-corrected chi connectivity index (χ0v) is 15.0. The molecular formula is C16H24N2O4S. The van der Waals surface area contributed by atoms with E-state index in [1.54, 1.807) is 6.92 Å². The first-order chi connectivity index (χ1) is 10.5. The summed E-state index contributed by atoms with van der Waals surface area (Å²) < 4.78 is 6.11. The summed E-state index contributed by atoms with van der Waals surface area (Å²) in [4.78, 5) is 24.8. The number of nitrogens with one attached hydrogen (secondary N) is 1. The Hall–Kier alpha value is -1.44. The van der Waals surface area contributed by atoms with Gasteiger partial charge in [0.15, 0.2) is 0 Å². The standard InChI is InChI=1S/C16H24N2O4S/c1-6-9(19)13(21)18-14-10(12(17)20)8-7-15(2,3)22-16(4,5)11(8)23-14/h9,19H,6-7H2,1-5H3,(H2,17,20)(H,18,21). The van der Waals surface area contributed by atoms with Gasteiger partial charge in [-0.15, -0.1) is 11.3 Å². The van der Waals surface area contributed by atoms with Gasteiger partial charge in [0.25, 0.3) is 11.8 Å². The molecule has 1 aliphatic heterocycles. The van der Waals surface area contributed by atoms with Gasteiger partial charge < -0.3 is 20.9 Å². The molecule has 0 aromatic carbocycles. The van der Waals surface area contributed by atoms with E-state index >= 15 is 0 Å². The van der Waals surface area contributed by atoms with Crippen molar-refractivity contribution in [2.75, 3.05) is 5.32 Å². The molecule has 2 rings (SSSR count). The van der Waals surface area contributed by atoms with Crippen LogP contribution in [0.15, 0.2) is 0 Å². The summed E-state index contributed by atoms with van der Waals surface area (Å²) in [5, 5.41) is 12.7. The van der Waals surface area contributed by atoms with Crippen LogP contribution in [0, 0.1) is 0 Å². The number of fused-ring (bicyclic) bond motifs is 1. The number of primary amides is 1. The average Bonchev–Trinajstić information content (AvgIpc) is 2.74. The highest BCUT2D eigenvalue weighted by atomic mass is 32.1. The molecule has 1 aromatic rings. The van der Waals surface area contributed by atoms with E-state index in [9.17, 15) is 14.7 Å². The highest BCUT2D eigenvalue weighted by Crippen LogP contribution is 2.48. The molecule has 0 radical (unpaired) electrons. The lowest BCUT2D eigenvalue weighted by Gasteiger charge is -2.41. The van der Waals surface area contributed by atoms with E-state index in [0.717, 1.165) is 10.4 Å². The number of ether oxygens (including phenoxy) is 1. The second kappa shape index (κ2) is 5.89. The molecular weight excluding hydrogens is 316 g/mol. The Morgan fingerprint density at radius 3 is 2.52 bits per heavy atom. The highest BCUT2D eigenvalue weighted by Gasteiger charge is 2.43. The number of thiophene rings is 1. The molecule has 4 N–H and O–H groups in total. The van der Waals surface area contributed by atoms with Crippen LogP contribution in [0.1, 0.15) is 61.8 Å². The van der Waals surface area contributed by atoms with E-state index in [0.29, 0.717) is 23.4 Å². The Balaban J connectivity index is 2.53. The third-order valence-electron chi connectivity index (χ3n) is 3.86. The van der Waals surface area contributed by atoms with Gasteiger partial charge in [0.05, 0.1) is 16.8 Å². The predicted molar refractivity (Wildman–Crippen MR) is 89.7 cm³/mol. The first kappa shape index (κ1) is 17.9. The van der Waals surface area contributed by atoms with Gasteiger partial charge in [-0.05, 0) is 39.7 Å². The molecule has 0 fully saturated rings. The molecule has 2 amide bonds. The van der Waals surface area contributed by atoms with Gasteiger partial charge in [0.2, 0.25) is 0 Å². The van der Waals surface area contributed by atoms with Crippen LogP contribution in [0.3, 0.4) is 0 Å². The fraction of sp³-hybridized carbons (Fsp3) is 0.625. The van der Waals surface area contributed by atoms with Gasteiger partial charge in [-0.3, -0.25) is 9.59 Å². The van der Waals surface area contributed by atoms with Crippen molar-refractivity contribution >= 4 is 28.2 Å². The number of amides is 2. The molecule has 1 atom stereocenters. The van der Waals surface area contributed by atoms with Crippen molar-refractivity contribution in [2.45, 2.75) is 64.8 Å². The molecule has 0 saturated carbocycles. The summed E-state index contributed by atoms with van der Waals surface area (Å²) in [5.74, 6) is -1.12. The molecule has 1 unspecified atom stereocenters. The number of carbonyl (C=O) groups is 2. The summed E-state index contributed by atoms with van der Waals surface area (Å²) in [6, 6.07) is 0. The number of nitrogens with two attached hydrogens (primary N) is 1. The Morgan fingerprint density at radius 2 is 2.00 bits per heavy atom. The van der Waals surface area contributed by atoms with Gasteiger partial charge >= 0.3 is 0 Å². The van der Waals surface area contributed by atoms with Crippen molar-refractivity contribution < 1.29 is 19.4 Å². The molecule has 2 heterocycles. The van der Waals surface area contributed by atoms with Crippen LogP contribution < -0.4 is 11.1 Å². The van der Waals surface area contributed by atoms with Crippen molar-refractivity contribution in [1.82, 2.24) is 0 Å². The van der Waals surface area contributed by atoms with Crippen LogP contribution >= 0.6 is 11.3 Å². The number of carbonyl (C=O) groups excluding carboxylic acids is 2. The minimum absolute atomic E-state index is 0.296. The maximum atomic E-state index is 12.0. The number of aliphatic hydroxyl groups excluding tert-OH is 1. The number of aliphatic hydroxyl groups is 1. The molecule has 128 valence electrons. The summed E-state index contributed by atoms with van der Waals surface area (Å²) in [6.45, 7) is 9.48. The second-order valence-electron chi connectivity index (χ2n) is 6.94. The van der Waals surface area contributed by atoms with Crippen molar-refractivity contribution in [3.05, 3.63) is 16.0 Å².